The summed E-state index contributed by atoms with van der Waals surface area (Å²) in [6.07, 6.45) is 12.3. The summed E-state index contributed by atoms with van der Waals surface area (Å²) in [5.74, 6) is -0.308. The molecule has 0 aromatic carbocycles. The second kappa shape index (κ2) is 24.6. The number of aromatic nitrogens is 4. The van der Waals surface area contributed by atoms with Crippen molar-refractivity contribution in [3.8, 4) is 12.0 Å². The molecule has 0 aliphatic heterocycles. The molecule has 17 heteroatoms. The lowest BCUT2D eigenvalue weighted by Crippen LogP contribution is -2.39. The number of carbonyl (C=O) groups is 3. The van der Waals surface area contributed by atoms with Crippen LogP contribution in [0.5, 0.6) is 12.0 Å². The molecule has 0 saturated carbocycles. The van der Waals surface area contributed by atoms with E-state index in [0.717, 1.165) is 12.5 Å². The van der Waals surface area contributed by atoms with Crippen LogP contribution in [-0.4, -0.2) is 101 Å². The van der Waals surface area contributed by atoms with Gasteiger partial charge in [-0.05, 0) is 72.0 Å². The number of likely N-dealkylation sites (N-methyl/N-ethyl adjacent to an activating group) is 2. The van der Waals surface area contributed by atoms with E-state index in [2.05, 4.69) is 91.7 Å². The predicted octanol–water partition coefficient (Wildman–Crippen LogP) is 3.10. The number of nitrogens with two attached hydrogens (primary N) is 1. The van der Waals surface area contributed by atoms with Gasteiger partial charge in [0.2, 0.25) is 11.8 Å². The Morgan fingerprint density at radius 3 is 1.75 bits per heavy atom. The van der Waals surface area contributed by atoms with Crippen molar-refractivity contribution < 1.29 is 28.6 Å². The number of amides is 3. The standard InChI is InChI=1S/C16H23IN4O4.C6H8IN3O.C5H8BrNO/c1-16(2,3)25-15(23)21(7-5-6-13(22)18-4)8-9-24-14-19-10-12(17)11-20-14;7-5-3-9-6(10-4-5)11-2-1-8;1-7-5(8)3-2-4-6/h5-6,10-11H,7-9H2,1-4H3,(H,18,22);3-4H,1-2,8H2;2-3H,4H2,1H3,(H,7,8)/b6-5+;;3-2+. The fourth-order valence-electron chi connectivity index (χ4n) is 2.34. The summed E-state index contributed by atoms with van der Waals surface area (Å²) in [6, 6.07) is 0.626. The molecule has 2 aromatic rings. The van der Waals surface area contributed by atoms with Crippen LogP contribution in [-0.2, 0) is 14.3 Å². The maximum Gasteiger partial charge on any atom is 0.410 e. The first-order chi connectivity index (χ1) is 20.8. The van der Waals surface area contributed by atoms with Gasteiger partial charge in [-0.1, -0.05) is 28.1 Å². The molecule has 0 spiro atoms. The van der Waals surface area contributed by atoms with Gasteiger partial charge in [-0.2, -0.15) is 0 Å². The van der Waals surface area contributed by atoms with E-state index in [1.807, 2.05) is 0 Å². The van der Waals surface area contributed by atoms with Crippen LogP contribution in [0.3, 0.4) is 0 Å². The molecule has 2 rings (SSSR count). The molecular weight excluding hydrogens is 866 g/mol. The molecule has 0 saturated heterocycles. The van der Waals surface area contributed by atoms with E-state index in [-0.39, 0.29) is 37.5 Å². The van der Waals surface area contributed by atoms with E-state index in [0.29, 0.717) is 19.2 Å². The van der Waals surface area contributed by atoms with E-state index < -0.39 is 11.7 Å². The Morgan fingerprint density at radius 1 is 0.886 bits per heavy atom. The Bertz CT molecular complexity index is 1170. The van der Waals surface area contributed by atoms with Gasteiger partial charge in [-0.3, -0.25) is 9.59 Å². The summed E-state index contributed by atoms with van der Waals surface area (Å²) in [5.41, 5.74) is 4.61. The summed E-state index contributed by atoms with van der Waals surface area (Å²) >= 11 is 7.37. The highest BCUT2D eigenvalue weighted by Gasteiger charge is 2.21. The fourth-order valence-corrected chi connectivity index (χ4v) is 3.08. The summed E-state index contributed by atoms with van der Waals surface area (Å²) in [7, 11) is 3.13. The molecule has 2 heterocycles. The van der Waals surface area contributed by atoms with Gasteiger partial charge in [0.15, 0.2) is 0 Å². The Morgan fingerprint density at radius 2 is 1.34 bits per heavy atom. The van der Waals surface area contributed by atoms with Crippen LogP contribution in [0, 0.1) is 7.14 Å². The molecule has 44 heavy (non-hydrogen) atoms. The molecule has 4 N–H and O–H groups in total. The van der Waals surface area contributed by atoms with Gasteiger partial charge in [-0.25, -0.2) is 24.7 Å². The van der Waals surface area contributed by atoms with E-state index in [9.17, 15) is 14.4 Å². The van der Waals surface area contributed by atoms with E-state index in [4.69, 9.17) is 19.9 Å². The molecule has 3 amide bonds. The van der Waals surface area contributed by atoms with Crippen LogP contribution in [0.2, 0.25) is 0 Å². The number of rotatable bonds is 12. The molecule has 2 aromatic heterocycles. The minimum Gasteiger partial charge on any atom is -0.462 e. The zero-order chi connectivity index (χ0) is 33.4. The lowest BCUT2D eigenvalue weighted by Gasteiger charge is -2.26. The van der Waals surface area contributed by atoms with Gasteiger partial charge >= 0.3 is 18.1 Å². The first-order valence-electron chi connectivity index (χ1n) is 13.1. The third kappa shape index (κ3) is 22.8. The quantitative estimate of drug-likeness (QED) is 0.162. The molecule has 0 radical (unpaired) electrons. The first-order valence-corrected chi connectivity index (χ1v) is 16.3. The Kier molecular flexibility index (Phi) is 23.2. The highest BCUT2D eigenvalue weighted by Crippen LogP contribution is 2.10. The lowest BCUT2D eigenvalue weighted by atomic mass is 10.2. The van der Waals surface area contributed by atoms with Crippen molar-refractivity contribution in [2.45, 2.75) is 26.4 Å². The molecule has 0 aliphatic carbocycles. The van der Waals surface area contributed by atoms with E-state index in [1.54, 1.807) is 64.8 Å². The van der Waals surface area contributed by atoms with Gasteiger partial charge in [0.05, 0.1) is 6.54 Å². The van der Waals surface area contributed by atoms with Crippen LogP contribution in [0.4, 0.5) is 4.79 Å². The largest absolute Gasteiger partial charge is 0.462 e. The molecular formula is C27H39BrI2N8O6. The number of nitrogens with one attached hydrogen (secondary N) is 2. The average molecular weight is 905 g/mol. The number of carbonyl (C=O) groups excluding carboxylic acids is 3. The molecule has 0 atom stereocenters. The zero-order valence-corrected chi connectivity index (χ0v) is 31.2. The number of hydrogen-bond donors (Lipinski definition) is 3. The summed E-state index contributed by atoms with van der Waals surface area (Å²) in [6.45, 7) is 7.00. The van der Waals surface area contributed by atoms with Gasteiger partial charge in [0, 0.05) is 70.5 Å². The molecule has 14 nitrogen and oxygen atoms in total. The molecule has 244 valence electrons. The summed E-state index contributed by atoms with van der Waals surface area (Å²) < 4.78 is 17.8. The SMILES string of the molecule is CNC(=O)/C=C/CBr.CNC(=O)/C=C/CN(CCOc1ncc(I)cn1)C(=O)OC(C)(C)C.NCCOc1ncc(I)cn1. The molecule has 0 aliphatic rings. The van der Waals surface area contributed by atoms with Crippen LogP contribution >= 0.6 is 61.1 Å². The smallest absolute Gasteiger partial charge is 0.410 e. The van der Waals surface area contributed by atoms with Crippen molar-refractivity contribution in [1.82, 2.24) is 35.5 Å². The highest BCUT2D eigenvalue weighted by atomic mass is 127. The minimum atomic E-state index is -0.611. The second-order valence-corrected chi connectivity index (χ2v) is 12.1. The van der Waals surface area contributed by atoms with Crippen LogP contribution in [0.25, 0.3) is 0 Å². The molecule has 0 fully saturated rings. The third-order valence-corrected chi connectivity index (χ3v) is 5.72. The second-order valence-electron chi connectivity index (χ2n) is 8.97. The topological polar surface area (TPSA) is 184 Å². The Labute approximate surface area is 293 Å². The third-order valence-electron chi connectivity index (χ3n) is 4.23. The van der Waals surface area contributed by atoms with Crippen molar-refractivity contribution in [1.29, 1.82) is 0 Å². The van der Waals surface area contributed by atoms with Crippen LogP contribution < -0.4 is 25.8 Å². The number of alkyl halides is 1. The average Bonchev–Trinajstić information content (AvgIpc) is 2.99. The zero-order valence-electron chi connectivity index (χ0n) is 25.3. The number of nitrogens with zero attached hydrogens (tertiary/aromatic N) is 5. The van der Waals surface area contributed by atoms with Crippen molar-refractivity contribution in [2.24, 2.45) is 5.73 Å². The predicted molar refractivity (Wildman–Crippen MR) is 188 cm³/mol. The number of ether oxygens (including phenoxy) is 3. The first kappa shape index (κ1) is 41.4. The van der Waals surface area contributed by atoms with Gasteiger partial charge < -0.3 is 35.5 Å². The number of hydrogen-bond acceptors (Lipinski definition) is 11. The van der Waals surface area contributed by atoms with Crippen molar-refractivity contribution in [3.63, 3.8) is 0 Å². The minimum absolute atomic E-state index is 0.0653. The number of allylic oxidation sites excluding steroid dienone is 1. The van der Waals surface area contributed by atoms with Crippen LogP contribution in [0.1, 0.15) is 20.8 Å². The molecule has 0 bridgehead atoms. The van der Waals surface area contributed by atoms with Crippen molar-refractivity contribution in [2.75, 3.05) is 52.3 Å². The normalized spacial score (nSPS) is 10.6. The number of halogens is 3. The van der Waals surface area contributed by atoms with Gasteiger partial charge in [-0.15, -0.1) is 0 Å². The van der Waals surface area contributed by atoms with Gasteiger partial charge in [0.25, 0.3) is 0 Å². The molecule has 0 unspecified atom stereocenters. The van der Waals surface area contributed by atoms with E-state index in [1.165, 1.54) is 24.1 Å². The highest BCUT2D eigenvalue weighted by molar-refractivity contribution is 14.1. The maximum atomic E-state index is 12.3. The Hall–Kier alpha value is -2.65. The van der Waals surface area contributed by atoms with Crippen molar-refractivity contribution in [3.05, 3.63) is 56.2 Å². The lowest BCUT2D eigenvalue weighted by molar-refractivity contribution is -0.116. The van der Waals surface area contributed by atoms with Crippen LogP contribution in [0.15, 0.2) is 49.1 Å². The van der Waals surface area contributed by atoms with E-state index >= 15 is 0 Å². The summed E-state index contributed by atoms with van der Waals surface area (Å²) in [4.78, 5) is 51.2. The maximum absolute atomic E-state index is 12.3. The van der Waals surface area contributed by atoms with Gasteiger partial charge in [0.1, 0.15) is 18.8 Å². The van der Waals surface area contributed by atoms with Crippen molar-refractivity contribution >= 4 is 79.0 Å². The summed E-state index contributed by atoms with van der Waals surface area (Å²) in [5, 5.41) is 5.65. The monoisotopic (exact) mass is 904 g/mol. The Balaban J connectivity index is 0.000000793. The fraction of sp³-hybridized carbons (Fsp3) is 0.444.